The highest BCUT2D eigenvalue weighted by atomic mass is 16.5. The molecule has 2 N–H and O–H groups in total. The third kappa shape index (κ3) is 5.01. The average Bonchev–Trinajstić information content (AvgIpc) is 2.61. The van der Waals surface area contributed by atoms with Crippen molar-refractivity contribution >= 4 is 5.91 Å². The third-order valence-corrected chi connectivity index (χ3v) is 3.73. The zero-order valence-electron chi connectivity index (χ0n) is 14.5. The Hall–Kier alpha value is -1.99. The molecule has 0 saturated carbocycles. The molecular weight excluding hydrogens is 312 g/mol. The molecule has 1 heterocycles. The van der Waals surface area contributed by atoms with Crippen LogP contribution in [0.5, 0.6) is 17.2 Å². The van der Waals surface area contributed by atoms with Crippen molar-refractivity contribution in [1.82, 2.24) is 10.6 Å². The molecule has 1 fully saturated rings. The number of nitrogens with one attached hydrogen (secondary N) is 2. The summed E-state index contributed by atoms with van der Waals surface area (Å²) in [7, 11) is 3.16. The highest BCUT2D eigenvalue weighted by Crippen LogP contribution is 2.38. The average molecular weight is 338 g/mol. The normalized spacial score (nSPS) is 17.2. The van der Waals surface area contributed by atoms with Gasteiger partial charge in [-0.3, -0.25) is 4.79 Å². The second-order valence-corrected chi connectivity index (χ2v) is 5.47. The smallest absolute Gasteiger partial charge is 0.221 e. The van der Waals surface area contributed by atoms with Crippen molar-refractivity contribution in [2.75, 3.05) is 40.6 Å². The predicted octanol–water partition coefficient (Wildman–Crippen LogP) is 1.10. The van der Waals surface area contributed by atoms with Crippen molar-refractivity contribution < 1.29 is 23.7 Å². The van der Waals surface area contributed by atoms with E-state index >= 15 is 0 Å². The minimum absolute atomic E-state index is 0.0233. The second kappa shape index (κ2) is 9.34. The lowest BCUT2D eigenvalue weighted by Crippen LogP contribution is -2.44. The van der Waals surface area contributed by atoms with Crippen molar-refractivity contribution in [2.45, 2.75) is 25.9 Å². The lowest BCUT2D eigenvalue weighted by Gasteiger charge is -2.23. The Labute approximate surface area is 142 Å². The van der Waals surface area contributed by atoms with Gasteiger partial charge in [-0.05, 0) is 24.6 Å². The van der Waals surface area contributed by atoms with E-state index in [1.165, 1.54) is 0 Å². The van der Waals surface area contributed by atoms with Crippen LogP contribution in [0.25, 0.3) is 0 Å². The van der Waals surface area contributed by atoms with Gasteiger partial charge < -0.3 is 29.6 Å². The van der Waals surface area contributed by atoms with E-state index in [2.05, 4.69) is 10.6 Å². The van der Waals surface area contributed by atoms with Crippen molar-refractivity contribution in [3.05, 3.63) is 17.7 Å². The number of hydrogen-bond acceptors (Lipinski definition) is 6. The molecule has 1 aliphatic heterocycles. The Kier molecular flexibility index (Phi) is 7.14. The van der Waals surface area contributed by atoms with Crippen LogP contribution in [0.2, 0.25) is 0 Å². The number of carbonyl (C=O) groups is 1. The zero-order chi connectivity index (χ0) is 17.4. The summed E-state index contributed by atoms with van der Waals surface area (Å²) in [5.41, 5.74) is 0.883. The lowest BCUT2D eigenvalue weighted by atomic mass is 10.1. The van der Waals surface area contributed by atoms with Crippen LogP contribution in [0.4, 0.5) is 0 Å². The Morgan fingerprint density at radius 2 is 2.04 bits per heavy atom. The molecule has 7 nitrogen and oxygen atoms in total. The molecule has 1 saturated heterocycles. The fourth-order valence-electron chi connectivity index (χ4n) is 2.57. The molecular formula is C17H26N2O5. The van der Waals surface area contributed by atoms with E-state index in [1.807, 2.05) is 19.1 Å². The summed E-state index contributed by atoms with van der Waals surface area (Å²) < 4.78 is 21.7. The fraction of sp³-hybridized carbons (Fsp3) is 0.588. The summed E-state index contributed by atoms with van der Waals surface area (Å²) in [4.78, 5) is 12.1. The minimum Gasteiger partial charge on any atom is -0.493 e. The van der Waals surface area contributed by atoms with Gasteiger partial charge in [-0.15, -0.1) is 0 Å². The first kappa shape index (κ1) is 18.4. The van der Waals surface area contributed by atoms with Crippen LogP contribution in [-0.2, 0) is 16.1 Å². The highest BCUT2D eigenvalue weighted by molar-refractivity contribution is 5.76. The zero-order valence-corrected chi connectivity index (χ0v) is 14.5. The SMILES string of the molecule is CCOc1c(OC)cc(CNC(=O)CC2COCCN2)cc1OC. The molecule has 1 aromatic rings. The number of hydrogen-bond donors (Lipinski definition) is 2. The summed E-state index contributed by atoms with van der Waals surface area (Å²) in [6, 6.07) is 3.76. The monoisotopic (exact) mass is 338 g/mol. The number of amides is 1. The molecule has 0 aliphatic carbocycles. The quantitative estimate of drug-likeness (QED) is 0.739. The van der Waals surface area contributed by atoms with Crippen molar-refractivity contribution in [2.24, 2.45) is 0 Å². The van der Waals surface area contributed by atoms with Crippen molar-refractivity contribution in [3.63, 3.8) is 0 Å². The van der Waals surface area contributed by atoms with Gasteiger partial charge in [0.05, 0.1) is 34.0 Å². The molecule has 0 bridgehead atoms. The molecule has 134 valence electrons. The number of ether oxygens (including phenoxy) is 4. The van der Waals surface area contributed by atoms with Crippen LogP contribution in [0, 0.1) is 0 Å². The van der Waals surface area contributed by atoms with Gasteiger partial charge >= 0.3 is 0 Å². The molecule has 24 heavy (non-hydrogen) atoms. The standard InChI is InChI=1S/C17H26N2O5/c1-4-24-17-14(21-2)7-12(8-15(17)22-3)10-19-16(20)9-13-11-23-6-5-18-13/h7-8,13,18H,4-6,9-11H2,1-3H3,(H,19,20). The van der Waals surface area contributed by atoms with Gasteiger partial charge in [-0.25, -0.2) is 0 Å². The fourth-order valence-corrected chi connectivity index (χ4v) is 2.57. The maximum Gasteiger partial charge on any atom is 0.221 e. The molecule has 2 rings (SSSR count). The Morgan fingerprint density at radius 1 is 1.33 bits per heavy atom. The van der Waals surface area contributed by atoms with Crippen LogP contribution in [0.3, 0.4) is 0 Å². The van der Waals surface area contributed by atoms with Crippen LogP contribution in [0.15, 0.2) is 12.1 Å². The Bertz CT molecular complexity index is 519. The van der Waals surface area contributed by atoms with Crippen molar-refractivity contribution in [3.8, 4) is 17.2 Å². The summed E-state index contributed by atoms with van der Waals surface area (Å²) in [5, 5.41) is 6.18. The lowest BCUT2D eigenvalue weighted by molar-refractivity contribution is -0.122. The van der Waals surface area contributed by atoms with E-state index in [-0.39, 0.29) is 11.9 Å². The van der Waals surface area contributed by atoms with E-state index in [9.17, 15) is 4.79 Å². The van der Waals surface area contributed by atoms with E-state index in [0.717, 1.165) is 12.1 Å². The molecule has 1 unspecified atom stereocenters. The van der Waals surface area contributed by atoms with Gasteiger partial charge in [0.15, 0.2) is 11.5 Å². The van der Waals surface area contributed by atoms with Crippen LogP contribution < -0.4 is 24.8 Å². The number of rotatable bonds is 8. The maximum absolute atomic E-state index is 12.1. The van der Waals surface area contributed by atoms with Crippen molar-refractivity contribution in [1.29, 1.82) is 0 Å². The molecule has 0 spiro atoms. The largest absolute Gasteiger partial charge is 0.493 e. The summed E-state index contributed by atoms with van der Waals surface area (Å²) in [6.07, 6.45) is 0.394. The first-order valence-electron chi connectivity index (χ1n) is 8.13. The van der Waals surface area contributed by atoms with Gasteiger partial charge in [0, 0.05) is 25.6 Å². The van der Waals surface area contributed by atoms with E-state index in [4.69, 9.17) is 18.9 Å². The van der Waals surface area contributed by atoms with Crippen LogP contribution in [0.1, 0.15) is 18.9 Å². The Morgan fingerprint density at radius 3 is 2.58 bits per heavy atom. The maximum atomic E-state index is 12.1. The third-order valence-electron chi connectivity index (χ3n) is 3.73. The first-order chi connectivity index (χ1) is 11.7. The number of morpholine rings is 1. The van der Waals surface area contributed by atoms with Gasteiger partial charge in [0.2, 0.25) is 11.7 Å². The van der Waals surface area contributed by atoms with E-state index < -0.39 is 0 Å². The van der Waals surface area contributed by atoms with Gasteiger partial charge in [0.1, 0.15) is 0 Å². The van der Waals surface area contributed by atoms with E-state index in [1.54, 1.807) is 14.2 Å². The molecule has 1 aromatic carbocycles. The number of carbonyl (C=O) groups excluding carboxylic acids is 1. The molecule has 1 atom stereocenters. The van der Waals surface area contributed by atoms with Gasteiger partial charge in [-0.1, -0.05) is 0 Å². The molecule has 7 heteroatoms. The first-order valence-corrected chi connectivity index (χ1v) is 8.13. The number of methoxy groups -OCH3 is 2. The summed E-state index contributed by atoms with van der Waals surface area (Å²) >= 11 is 0. The molecule has 1 aliphatic rings. The second-order valence-electron chi connectivity index (χ2n) is 5.47. The highest BCUT2D eigenvalue weighted by Gasteiger charge is 2.18. The molecule has 1 amide bonds. The number of benzene rings is 1. The summed E-state index contributed by atoms with van der Waals surface area (Å²) in [6.45, 7) is 4.86. The van der Waals surface area contributed by atoms with E-state index in [0.29, 0.717) is 50.0 Å². The Balaban J connectivity index is 1.97. The van der Waals surface area contributed by atoms with Gasteiger partial charge in [0.25, 0.3) is 0 Å². The molecule has 0 radical (unpaired) electrons. The van der Waals surface area contributed by atoms with Crippen LogP contribution >= 0.6 is 0 Å². The minimum atomic E-state index is -0.0233. The molecule has 0 aromatic heterocycles. The topological polar surface area (TPSA) is 78.1 Å². The summed E-state index contributed by atoms with van der Waals surface area (Å²) in [5.74, 6) is 1.72. The predicted molar refractivity (Wildman–Crippen MR) is 89.8 cm³/mol. The van der Waals surface area contributed by atoms with Crippen LogP contribution in [-0.4, -0.2) is 52.5 Å². The van der Waals surface area contributed by atoms with Gasteiger partial charge in [-0.2, -0.15) is 0 Å².